The van der Waals surface area contributed by atoms with Crippen LogP contribution in [0.5, 0.6) is 0 Å². The molecule has 1 aromatic rings. The molecular weight excluding hydrogens is 214 g/mol. The third-order valence-corrected chi connectivity index (χ3v) is 1.49. The molecule has 0 radical (unpaired) electrons. The Kier molecular flexibility index (Phi) is 4.22. The molecule has 2 amide bonds. The molecule has 0 fully saturated rings. The van der Waals surface area contributed by atoms with Crippen molar-refractivity contribution in [2.24, 2.45) is 0 Å². The second-order valence-electron chi connectivity index (χ2n) is 2.99. The van der Waals surface area contributed by atoms with Gasteiger partial charge in [-0.1, -0.05) is 0 Å². The molecule has 1 heterocycles. The number of hydrogen-bond acceptors (Lipinski definition) is 4. The van der Waals surface area contributed by atoms with Gasteiger partial charge in [-0.3, -0.25) is 9.82 Å². The van der Waals surface area contributed by atoms with Crippen LogP contribution in [0.3, 0.4) is 0 Å². The lowest BCUT2D eigenvalue weighted by Gasteiger charge is -2.06. The van der Waals surface area contributed by atoms with Gasteiger partial charge < -0.3 is 10.4 Å². The Hall–Kier alpha value is -2.15. The van der Waals surface area contributed by atoms with Crippen LogP contribution in [0.25, 0.3) is 0 Å². The fourth-order valence-electron chi connectivity index (χ4n) is 0.943. The van der Waals surface area contributed by atoms with E-state index in [1.165, 1.54) is 6.20 Å². The Labute approximate surface area is 91.4 Å². The monoisotopic (exact) mass is 225 g/mol. The number of nitrogens with one attached hydrogen (secondary N) is 2. The van der Waals surface area contributed by atoms with Gasteiger partial charge in [0.1, 0.15) is 0 Å². The third kappa shape index (κ3) is 4.38. The van der Waals surface area contributed by atoms with Crippen LogP contribution < -0.4 is 10.8 Å². The number of hydrogen-bond donors (Lipinski definition) is 3. The van der Waals surface area contributed by atoms with E-state index in [2.05, 4.69) is 15.1 Å². The average Bonchev–Trinajstić information content (AvgIpc) is 2.16. The van der Waals surface area contributed by atoms with E-state index in [-0.39, 0.29) is 0 Å². The number of rotatable bonds is 4. The first kappa shape index (κ1) is 11.9. The molecule has 3 N–H and O–H groups in total. The summed E-state index contributed by atoms with van der Waals surface area (Å²) in [5.41, 5.74) is 3.31. The van der Waals surface area contributed by atoms with E-state index in [1.54, 1.807) is 12.3 Å². The van der Waals surface area contributed by atoms with Crippen LogP contribution in [-0.2, 0) is 9.63 Å². The fraction of sp³-hybridized carbons (Fsp3) is 0.222. The Balaban J connectivity index is 2.37. The summed E-state index contributed by atoms with van der Waals surface area (Å²) in [5.74, 6) is -1.17. The summed E-state index contributed by atoms with van der Waals surface area (Å²) in [6.07, 6.45) is 3.10. The number of aromatic nitrogens is 1. The lowest BCUT2D eigenvalue weighted by molar-refractivity contribution is -0.143. The van der Waals surface area contributed by atoms with Gasteiger partial charge in [0.15, 0.2) is 6.61 Å². The van der Waals surface area contributed by atoms with Gasteiger partial charge in [-0.15, -0.1) is 0 Å². The first-order chi connectivity index (χ1) is 7.58. The number of carboxylic acid groups (broad SMARTS) is 1. The number of pyridine rings is 1. The highest BCUT2D eigenvalue weighted by molar-refractivity contribution is 5.88. The summed E-state index contributed by atoms with van der Waals surface area (Å²) in [5, 5.41) is 10.7. The van der Waals surface area contributed by atoms with Gasteiger partial charge in [-0.25, -0.2) is 15.1 Å². The normalized spacial score (nSPS) is 9.56. The van der Waals surface area contributed by atoms with Crippen molar-refractivity contribution < 1.29 is 19.5 Å². The smallest absolute Gasteiger partial charge is 0.343 e. The number of urea groups is 1. The van der Waals surface area contributed by atoms with Crippen molar-refractivity contribution >= 4 is 17.7 Å². The molecule has 7 heteroatoms. The van der Waals surface area contributed by atoms with E-state index >= 15 is 0 Å². The number of hydroxylamine groups is 1. The van der Waals surface area contributed by atoms with Crippen molar-refractivity contribution in [2.45, 2.75) is 6.92 Å². The molecule has 7 nitrogen and oxygen atoms in total. The summed E-state index contributed by atoms with van der Waals surface area (Å²) >= 11 is 0. The Morgan fingerprint density at radius 3 is 2.88 bits per heavy atom. The average molecular weight is 225 g/mol. The predicted molar refractivity (Wildman–Crippen MR) is 54.7 cm³/mol. The minimum Gasteiger partial charge on any atom is -0.479 e. The highest BCUT2D eigenvalue weighted by Gasteiger charge is 2.03. The van der Waals surface area contributed by atoms with E-state index in [9.17, 15) is 9.59 Å². The van der Waals surface area contributed by atoms with Crippen LogP contribution in [0.1, 0.15) is 5.56 Å². The maximum absolute atomic E-state index is 11.1. The Bertz CT molecular complexity index is 394. The number of carboxylic acids is 1. The zero-order chi connectivity index (χ0) is 12.0. The highest BCUT2D eigenvalue weighted by atomic mass is 16.7. The molecule has 0 unspecified atom stereocenters. The Morgan fingerprint density at radius 2 is 2.25 bits per heavy atom. The SMILES string of the molecule is Cc1cncc(NC(=O)NOCC(=O)O)c1. The van der Waals surface area contributed by atoms with E-state index < -0.39 is 18.6 Å². The molecule has 0 atom stereocenters. The second kappa shape index (κ2) is 5.66. The van der Waals surface area contributed by atoms with Gasteiger partial charge in [0.25, 0.3) is 0 Å². The lowest BCUT2D eigenvalue weighted by atomic mass is 10.3. The summed E-state index contributed by atoms with van der Waals surface area (Å²) in [6.45, 7) is 1.23. The summed E-state index contributed by atoms with van der Waals surface area (Å²) in [7, 11) is 0. The van der Waals surface area contributed by atoms with Gasteiger partial charge in [0.05, 0.1) is 11.9 Å². The maximum Gasteiger partial charge on any atom is 0.343 e. The van der Waals surface area contributed by atoms with Crippen LogP contribution in [0.15, 0.2) is 18.5 Å². The van der Waals surface area contributed by atoms with Crippen molar-refractivity contribution in [2.75, 3.05) is 11.9 Å². The predicted octanol–water partition coefficient (Wildman–Crippen LogP) is 0.528. The molecule has 86 valence electrons. The summed E-state index contributed by atoms with van der Waals surface area (Å²) < 4.78 is 0. The molecule has 16 heavy (non-hydrogen) atoms. The number of anilines is 1. The van der Waals surface area contributed by atoms with Gasteiger partial charge in [0, 0.05) is 6.20 Å². The standard InChI is InChI=1S/C9H11N3O4/c1-6-2-7(4-10-3-6)11-9(15)12-16-5-8(13)14/h2-4H,5H2,1H3,(H,13,14)(H2,11,12,15). The largest absolute Gasteiger partial charge is 0.479 e. The van der Waals surface area contributed by atoms with Crippen LogP contribution >= 0.6 is 0 Å². The molecular formula is C9H11N3O4. The van der Waals surface area contributed by atoms with E-state index in [0.29, 0.717) is 5.69 Å². The molecule has 0 saturated carbocycles. The molecule has 1 rings (SSSR count). The topological polar surface area (TPSA) is 101 Å². The van der Waals surface area contributed by atoms with Crippen LogP contribution in [-0.4, -0.2) is 28.7 Å². The molecule has 0 spiro atoms. The fourth-order valence-corrected chi connectivity index (χ4v) is 0.943. The van der Waals surface area contributed by atoms with Crippen molar-refractivity contribution in [3.63, 3.8) is 0 Å². The quantitative estimate of drug-likeness (QED) is 0.649. The minimum atomic E-state index is -1.17. The molecule has 0 aliphatic rings. The number of carbonyl (C=O) groups is 2. The van der Waals surface area contributed by atoms with E-state index in [0.717, 1.165) is 5.56 Å². The lowest BCUT2D eigenvalue weighted by Crippen LogP contribution is -2.30. The first-order valence-electron chi connectivity index (χ1n) is 4.40. The van der Waals surface area contributed by atoms with Crippen molar-refractivity contribution in [1.82, 2.24) is 10.5 Å². The molecule has 0 aromatic carbocycles. The van der Waals surface area contributed by atoms with Crippen LogP contribution in [0.2, 0.25) is 0 Å². The van der Waals surface area contributed by atoms with Crippen molar-refractivity contribution in [3.8, 4) is 0 Å². The van der Waals surface area contributed by atoms with Gasteiger partial charge in [-0.2, -0.15) is 0 Å². The third-order valence-electron chi connectivity index (χ3n) is 1.49. The molecule has 0 bridgehead atoms. The number of carbonyl (C=O) groups excluding carboxylic acids is 1. The number of amides is 2. The van der Waals surface area contributed by atoms with Crippen LogP contribution in [0, 0.1) is 6.92 Å². The molecule has 1 aromatic heterocycles. The number of aliphatic carboxylic acids is 1. The van der Waals surface area contributed by atoms with Crippen molar-refractivity contribution in [1.29, 1.82) is 0 Å². The van der Waals surface area contributed by atoms with Crippen LogP contribution in [0.4, 0.5) is 10.5 Å². The highest BCUT2D eigenvalue weighted by Crippen LogP contribution is 2.06. The van der Waals surface area contributed by atoms with Gasteiger partial charge >= 0.3 is 12.0 Å². The zero-order valence-corrected chi connectivity index (χ0v) is 8.56. The molecule has 0 aliphatic carbocycles. The zero-order valence-electron chi connectivity index (χ0n) is 8.56. The van der Waals surface area contributed by atoms with Gasteiger partial charge in [-0.05, 0) is 18.6 Å². The summed E-state index contributed by atoms with van der Waals surface area (Å²) in [4.78, 5) is 29.5. The maximum atomic E-state index is 11.1. The van der Waals surface area contributed by atoms with E-state index in [4.69, 9.17) is 5.11 Å². The molecule has 0 aliphatic heterocycles. The second-order valence-corrected chi connectivity index (χ2v) is 2.99. The van der Waals surface area contributed by atoms with E-state index in [1.807, 2.05) is 12.4 Å². The number of aryl methyl sites for hydroxylation is 1. The number of nitrogens with zero attached hydrogens (tertiary/aromatic N) is 1. The Morgan fingerprint density at radius 1 is 1.50 bits per heavy atom. The molecule has 0 saturated heterocycles. The van der Waals surface area contributed by atoms with Crippen molar-refractivity contribution in [3.05, 3.63) is 24.0 Å². The minimum absolute atomic E-state index is 0.497. The van der Waals surface area contributed by atoms with Gasteiger partial charge in [0.2, 0.25) is 0 Å². The summed E-state index contributed by atoms with van der Waals surface area (Å²) in [6, 6.07) is 1.05. The first-order valence-corrected chi connectivity index (χ1v) is 4.40.